The van der Waals surface area contributed by atoms with Gasteiger partial charge in [-0.1, -0.05) is 17.2 Å². The first-order valence-corrected chi connectivity index (χ1v) is 6.34. The third-order valence-electron chi connectivity index (χ3n) is 3.44. The maximum atomic E-state index is 12.0. The lowest BCUT2D eigenvalue weighted by molar-refractivity contribution is 0.899. The van der Waals surface area contributed by atoms with Gasteiger partial charge in [-0.15, -0.1) is 0 Å². The first-order chi connectivity index (χ1) is 8.63. The van der Waals surface area contributed by atoms with Gasteiger partial charge in [0.15, 0.2) is 0 Å². The Bertz CT molecular complexity index is 650. The summed E-state index contributed by atoms with van der Waals surface area (Å²) in [6.07, 6.45) is 2.84. The van der Waals surface area contributed by atoms with Gasteiger partial charge in [0.05, 0.1) is 5.69 Å². The number of aromatic nitrogens is 2. The molecule has 0 saturated heterocycles. The van der Waals surface area contributed by atoms with Gasteiger partial charge in [-0.3, -0.25) is 4.79 Å². The van der Waals surface area contributed by atoms with Crippen LogP contribution in [0.5, 0.6) is 0 Å². The van der Waals surface area contributed by atoms with E-state index in [-0.39, 0.29) is 5.56 Å². The Balaban J connectivity index is 2.18. The minimum atomic E-state index is 0.0339. The molecule has 3 rings (SSSR count). The van der Waals surface area contributed by atoms with Crippen molar-refractivity contribution in [2.45, 2.75) is 33.1 Å². The summed E-state index contributed by atoms with van der Waals surface area (Å²) in [6.45, 7) is 4.12. The summed E-state index contributed by atoms with van der Waals surface area (Å²) in [5.41, 5.74) is 5.27. The molecule has 1 aromatic heterocycles. The van der Waals surface area contributed by atoms with Gasteiger partial charge < -0.3 is 4.98 Å². The van der Waals surface area contributed by atoms with Gasteiger partial charge in [0.2, 0.25) is 0 Å². The van der Waals surface area contributed by atoms with Crippen LogP contribution in [-0.4, -0.2) is 9.97 Å². The minimum Gasteiger partial charge on any atom is -0.306 e. The number of aryl methyl sites for hydroxylation is 3. The molecule has 1 heterocycles. The average molecular weight is 240 g/mol. The second-order valence-corrected chi connectivity index (χ2v) is 5.07. The molecular weight excluding hydrogens is 224 g/mol. The zero-order chi connectivity index (χ0) is 12.7. The van der Waals surface area contributed by atoms with Gasteiger partial charge in [0.25, 0.3) is 5.56 Å². The second-order valence-electron chi connectivity index (χ2n) is 5.07. The van der Waals surface area contributed by atoms with Gasteiger partial charge >= 0.3 is 0 Å². The van der Waals surface area contributed by atoms with Gasteiger partial charge in [-0.25, -0.2) is 4.98 Å². The predicted molar refractivity (Wildman–Crippen MR) is 71.8 cm³/mol. The molecule has 2 aromatic rings. The Morgan fingerprint density at radius 1 is 1.11 bits per heavy atom. The standard InChI is InChI=1S/C15H16N2O/c1-9-6-10(2)8-11(7-9)14-16-13-5-3-4-12(13)15(18)17-14/h6-8H,3-5H2,1-2H3,(H,16,17,18). The van der Waals surface area contributed by atoms with Crippen LogP contribution in [-0.2, 0) is 12.8 Å². The first kappa shape index (κ1) is 11.2. The van der Waals surface area contributed by atoms with Gasteiger partial charge in [-0.05, 0) is 45.2 Å². The highest BCUT2D eigenvalue weighted by Gasteiger charge is 2.17. The average Bonchev–Trinajstić information content (AvgIpc) is 2.76. The molecule has 1 aliphatic rings. The summed E-state index contributed by atoms with van der Waals surface area (Å²) in [4.78, 5) is 19.5. The molecule has 0 radical (unpaired) electrons. The number of H-pyrrole nitrogens is 1. The molecule has 18 heavy (non-hydrogen) atoms. The lowest BCUT2D eigenvalue weighted by Gasteiger charge is -2.06. The Morgan fingerprint density at radius 2 is 1.83 bits per heavy atom. The normalized spacial score (nSPS) is 13.7. The Morgan fingerprint density at radius 3 is 2.56 bits per heavy atom. The summed E-state index contributed by atoms with van der Waals surface area (Å²) in [5, 5.41) is 0. The Labute approximate surface area is 106 Å². The van der Waals surface area contributed by atoms with Crippen molar-refractivity contribution < 1.29 is 0 Å². The van der Waals surface area contributed by atoms with E-state index in [4.69, 9.17) is 0 Å². The van der Waals surface area contributed by atoms with Crippen LogP contribution < -0.4 is 5.56 Å². The Hall–Kier alpha value is -1.90. The highest BCUT2D eigenvalue weighted by atomic mass is 16.1. The largest absolute Gasteiger partial charge is 0.306 e. The van der Waals surface area contributed by atoms with Crippen LogP contribution in [0.1, 0.15) is 28.8 Å². The molecule has 92 valence electrons. The molecule has 1 aromatic carbocycles. The molecule has 0 saturated carbocycles. The van der Waals surface area contributed by atoms with Gasteiger partial charge in [0.1, 0.15) is 5.82 Å². The molecule has 0 bridgehead atoms. The van der Waals surface area contributed by atoms with Crippen molar-refractivity contribution in [3.05, 3.63) is 50.9 Å². The van der Waals surface area contributed by atoms with Crippen molar-refractivity contribution in [2.24, 2.45) is 0 Å². The van der Waals surface area contributed by atoms with E-state index in [1.54, 1.807) is 0 Å². The van der Waals surface area contributed by atoms with Crippen molar-refractivity contribution >= 4 is 0 Å². The number of rotatable bonds is 1. The molecule has 0 amide bonds. The molecule has 1 N–H and O–H groups in total. The maximum absolute atomic E-state index is 12.0. The number of nitrogens with one attached hydrogen (secondary N) is 1. The molecule has 0 spiro atoms. The van der Waals surface area contributed by atoms with E-state index in [1.165, 1.54) is 11.1 Å². The maximum Gasteiger partial charge on any atom is 0.254 e. The summed E-state index contributed by atoms with van der Waals surface area (Å²) in [7, 11) is 0. The summed E-state index contributed by atoms with van der Waals surface area (Å²) in [6, 6.07) is 6.24. The van der Waals surface area contributed by atoms with Crippen LogP contribution in [0.2, 0.25) is 0 Å². The zero-order valence-electron chi connectivity index (χ0n) is 10.7. The third kappa shape index (κ3) is 1.86. The van der Waals surface area contributed by atoms with E-state index in [2.05, 4.69) is 42.0 Å². The third-order valence-corrected chi connectivity index (χ3v) is 3.44. The number of benzene rings is 1. The summed E-state index contributed by atoms with van der Waals surface area (Å²) in [5.74, 6) is 0.701. The molecule has 0 atom stereocenters. The van der Waals surface area contributed by atoms with Crippen molar-refractivity contribution in [1.29, 1.82) is 0 Å². The fourth-order valence-electron chi connectivity index (χ4n) is 2.69. The fourth-order valence-corrected chi connectivity index (χ4v) is 2.69. The topological polar surface area (TPSA) is 45.8 Å². The number of aromatic amines is 1. The smallest absolute Gasteiger partial charge is 0.254 e. The van der Waals surface area contributed by atoms with Crippen molar-refractivity contribution in [3.8, 4) is 11.4 Å². The predicted octanol–water partition coefficient (Wildman–Crippen LogP) is 2.54. The van der Waals surface area contributed by atoms with E-state index in [9.17, 15) is 4.79 Å². The van der Waals surface area contributed by atoms with E-state index in [0.717, 1.165) is 36.1 Å². The fraction of sp³-hybridized carbons (Fsp3) is 0.333. The molecule has 0 aliphatic heterocycles. The number of hydrogen-bond acceptors (Lipinski definition) is 2. The van der Waals surface area contributed by atoms with E-state index >= 15 is 0 Å². The van der Waals surface area contributed by atoms with Crippen LogP contribution in [0.4, 0.5) is 0 Å². The second kappa shape index (κ2) is 4.09. The van der Waals surface area contributed by atoms with Crippen LogP contribution in [0.25, 0.3) is 11.4 Å². The van der Waals surface area contributed by atoms with E-state index in [0.29, 0.717) is 5.82 Å². The minimum absolute atomic E-state index is 0.0339. The lowest BCUT2D eigenvalue weighted by atomic mass is 10.1. The van der Waals surface area contributed by atoms with Crippen LogP contribution in [0.15, 0.2) is 23.0 Å². The van der Waals surface area contributed by atoms with Crippen LogP contribution in [0, 0.1) is 13.8 Å². The monoisotopic (exact) mass is 240 g/mol. The molecule has 0 fully saturated rings. The molecule has 1 aliphatic carbocycles. The zero-order valence-corrected chi connectivity index (χ0v) is 10.7. The molecule has 0 unspecified atom stereocenters. The highest BCUT2D eigenvalue weighted by Crippen LogP contribution is 2.21. The first-order valence-electron chi connectivity index (χ1n) is 6.34. The van der Waals surface area contributed by atoms with E-state index < -0.39 is 0 Å². The number of hydrogen-bond donors (Lipinski definition) is 1. The number of nitrogens with zero attached hydrogens (tertiary/aromatic N) is 1. The van der Waals surface area contributed by atoms with Crippen LogP contribution >= 0.6 is 0 Å². The summed E-state index contributed by atoms with van der Waals surface area (Å²) >= 11 is 0. The van der Waals surface area contributed by atoms with E-state index in [1.807, 2.05) is 0 Å². The van der Waals surface area contributed by atoms with Crippen molar-refractivity contribution in [3.63, 3.8) is 0 Å². The van der Waals surface area contributed by atoms with Crippen molar-refractivity contribution in [1.82, 2.24) is 9.97 Å². The number of fused-ring (bicyclic) bond motifs is 1. The van der Waals surface area contributed by atoms with Crippen LogP contribution in [0.3, 0.4) is 0 Å². The SMILES string of the molecule is Cc1cc(C)cc(-c2nc3c(c(=O)[nH]2)CCC3)c1. The molecular formula is C15H16N2O. The van der Waals surface area contributed by atoms with Crippen molar-refractivity contribution in [2.75, 3.05) is 0 Å². The lowest BCUT2D eigenvalue weighted by Crippen LogP contribution is -2.15. The summed E-state index contributed by atoms with van der Waals surface area (Å²) < 4.78 is 0. The molecule has 3 nitrogen and oxygen atoms in total. The Kier molecular flexibility index (Phi) is 2.54. The van der Waals surface area contributed by atoms with Gasteiger partial charge in [0, 0.05) is 11.1 Å². The molecule has 3 heteroatoms. The quantitative estimate of drug-likeness (QED) is 0.832. The van der Waals surface area contributed by atoms with Gasteiger partial charge in [-0.2, -0.15) is 0 Å². The highest BCUT2D eigenvalue weighted by molar-refractivity contribution is 5.58.